The van der Waals surface area contributed by atoms with E-state index < -0.39 is 36.2 Å². The van der Waals surface area contributed by atoms with E-state index in [1.807, 2.05) is 5.32 Å². The molecule has 0 aromatic heterocycles. The Labute approximate surface area is 113 Å². The van der Waals surface area contributed by atoms with Gasteiger partial charge in [-0.2, -0.15) is 0 Å². The summed E-state index contributed by atoms with van der Waals surface area (Å²) in [5.41, 5.74) is 0.229. The maximum absolute atomic E-state index is 13.3. The smallest absolute Gasteiger partial charge is 0.326 e. The Hall–Kier alpha value is -2.64. The molecule has 0 saturated carbocycles. The zero-order valence-electron chi connectivity index (χ0n) is 10.3. The van der Waals surface area contributed by atoms with Gasteiger partial charge in [-0.25, -0.2) is 14.0 Å². The number of aliphatic carboxylic acids is 2. The molecule has 0 heterocycles. The highest BCUT2D eigenvalue weighted by atomic mass is 19.1. The molecule has 108 valence electrons. The molecule has 0 fully saturated rings. The average Bonchev–Trinajstić information content (AvgIpc) is 2.36. The molecule has 1 rings (SSSR count). The van der Waals surface area contributed by atoms with Crippen LogP contribution in [0.2, 0.25) is 0 Å². The van der Waals surface area contributed by atoms with E-state index in [0.717, 1.165) is 0 Å². The van der Waals surface area contributed by atoms with E-state index in [9.17, 15) is 18.8 Å². The molecule has 0 aliphatic carbocycles. The van der Waals surface area contributed by atoms with Crippen LogP contribution in [0.1, 0.15) is 12.0 Å². The summed E-state index contributed by atoms with van der Waals surface area (Å²) in [7, 11) is 0. The fourth-order valence-corrected chi connectivity index (χ4v) is 1.40. The van der Waals surface area contributed by atoms with Crippen LogP contribution in [0.3, 0.4) is 0 Å². The van der Waals surface area contributed by atoms with Crippen LogP contribution in [0.5, 0.6) is 0 Å². The van der Waals surface area contributed by atoms with Crippen molar-refractivity contribution in [1.82, 2.24) is 10.6 Å². The van der Waals surface area contributed by atoms with E-state index >= 15 is 0 Å². The number of carbonyl (C=O) groups is 3. The van der Waals surface area contributed by atoms with Crippen molar-refractivity contribution in [2.45, 2.75) is 19.0 Å². The number of carbonyl (C=O) groups excluding carboxylic acids is 1. The minimum absolute atomic E-state index is 0.141. The fourth-order valence-electron chi connectivity index (χ4n) is 1.40. The second-order valence-electron chi connectivity index (χ2n) is 3.91. The number of rotatable bonds is 6. The molecule has 1 atom stereocenters. The average molecular weight is 284 g/mol. The number of amides is 2. The molecule has 0 aliphatic heterocycles. The molecule has 0 aliphatic rings. The molecule has 0 radical (unpaired) electrons. The van der Waals surface area contributed by atoms with Crippen LogP contribution >= 0.6 is 0 Å². The molecular formula is C12H13FN2O5. The van der Waals surface area contributed by atoms with Crippen LogP contribution < -0.4 is 10.6 Å². The summed E-state index contributed by atoms with van der Waals surface area (Å²) < 4.78 is 13.3. The summed E-state index contributed by atoms with van der Waals surface area (Å²) in [6.45, 7) is -0.141. The first-order chi connectivity index (χ1) is 9.40. The number of urea groups is 1. The fraction of sp³-hybridized carbons (Fsp3) is 0.250. The lowest BCUT2D eigenvalue weighted by Crippen LogP contribution is -2.46. The number of benzene rings is 1. The van der Waals surface area contributed by atoms with Gasteiger partial charge in [-0.15, -0.1) is 0 Å². The third kappa shape index (κ3) is 4.92. The lowest BCUT2D eigenvalue weighted by molar-refractivity contribution is -0.145. The Balaban J connectivity index is 2.52. The maximum Gasteiger partial charge on any atom is 0.326 e. The topological polar surface area (TPSA) is 116 Å². The molecule has 1 aromatic rings. The van der Waals surface area contributed by atoms with Gasteiger partial charge in [-0.1, -0.05) is 18.2 Å². The molecule has 0 spiro atoms. The normalized spacial score (nSPS) is 11.4. The summed E-state index contributed by atoms with van der Waals surface area (Å²) in [5.74, 6) is -3.33. The van der Waals surface area contributed by atoms with Crippen LogP contribution in [0.25, 0.3) is 0 Å². The van der Waals surface area contributed by atoms with Crippen molar-refractivity contribution in [3.63, 3.8) is 0 Å². The van der Waals surface area contributed by atoms with Gasteiger partial charge in [-0.3, -0.25) is 4.79 Å². The van der Waals surface area contributed by atoms with Gasteiger partial charge in [-0.05, 0) is 6.07 Å². The van der Waals surface area contributed by atoms with Crippen molar-refractivity contribution in [3.05, 3.63) is 35.6 Å². The summed E-state index contributed by atoms with van der Waals surface area (Å²) in [4.78, 5) is 32.6. The highest BCUT2D eigenvalue weighted by Crippen LogP contribution is 2.05. The van der Waals surface area contributed by atoms with Gasteiger partial charge in [0.25, 0.3) is 0 Å². The van der Waals surface area contributed by atoms with E-state index in [4.69, 9.17) is 10.2 Å². The first kappa shape index (κ1) is 15.4. The van der Waals surface area contributed by atoms with E-state index in [1.165, 1.54) is 18.2 Å². The third-order valence-corrected chi connectivity index (χ3v) is 2.38. The summed E-state index contributed by atoms with van der Waals surface area (Å²) in [6, 6.07) is 3.32. The van der Waals surface area contributed by atoms with Crippen molar-refractivity contribution in [1.29, 1.82) is 0 Å². The molecule has 0 saturated heterocycles. The zero-order valence-corrected chi connectivity index (χ0v) is 10.3. The maximum atomic E-state index is 13.3. The Morgan fingerprint density at radius 3 is 2.40 bits per heavy atom. The largest absolute Gasteiger partial charge is 0.481 e. The Bertz CT molecular complexity index is 520. The summed E-state index contributed by atoms with van der Waals surface area (Å²) >= 11 is 0. The zero-order chi connectivity index (χ0) is 15.1. The molecule has 7 nitrogen and oxygen atoms in total. The van der Waals surface area contributed by atoms with Crippen molar-refractivity contribution in [3.8, 4) is 0 Å². The SMILES string of the molecule is O=C(O)C[C@@H](NC(=O)NCc1ccccc1F)C(=O)O. The molecule has 20 heavy (non-hydrogen) atoms. The van der Waals surface area contributed by atoms with Gasteiger partial charge in [0.15, 0.2) is 0 Å². The highest BCUT2D eigenvalue weighted by Gasteiger charge is 2.22. The number of halogens is 1. The van der Waals surface area contributed by atoms with Crippen molar-refractivity contribution in [2.75, 3.05) is 0 Å². The molecule has 2 amide bonds. The van der Waals surface area contributed by atoms with Crippen LogP contribution in [0, 0.1) is 5.82 Å². The molecule has 1 aromatic carbocycles. The van der Waals surface area contributed by atoms with Gasteiger partial charge in [0, 0.05) is 12.1 Å². The van der Waals surface area contributed by atoms with Gasteiger partial charge < -0.3 is 20.8 Å². The monoisotopic (exact) mass is 284 g/mol. The molecule has 0 unspecified atom stereocenters. The first-order valence-electron chi connectivity index (χ1n) is 5.62. The lowest BCUT2D eigenvalue weighted by Gasteiger charge is -2.13. The van der Waals surface area contributed by atoms with E-state index in [2.05, 4.69) is 5.32 Å². The predicted molar refractivity (Wildman–Crippen MR) is 65.4 cm³/mol. The number of hydrogen-bond acceptors (Lipinski definition) is 3. The quantitative estimate of drug-likeness (QED) is 0.609. The Morgan fingerprint density at radius 2 is 1.85 bits per heavy atom. The molecular weight excluding hydrogens is 271 g/mol. The van der Waals surface area contributed by atoms with Gasteiger partial charge in [0.1, 0.15) is 11.9 Å². The van der Waals surface area contributed by atoms with Crippen LogP contribution in [0.15, 0.2) is 24.3 Å². The van der Waals surface area contributed by atoms with E-state index in [1.54, 1.807) is 6.07 Å². The minimum atomic E-state index is -1.55. The second kappa shape index (κ2) is 7.07. The molecule has 8 heteroatoms. The number of hydrogen-bond donors (Lipinski definition) is 4. The second-order valence-corrected chi connectivity index (χ2v) is 3.91. The summed E-state index contributed by atoms with van der Waals surface area (Å²) in [5, 5.41) is 21.5. The van der Waals surface area contributed by atoms with Crippen LogP contribution in [0.4, 0.5) is 9.18 Å². The van der Waals surface area contributed by atoms with Crippen LogP contribution in [-0.2, 0) is 16.1 Å². The predicted octanol–water partition coefficient (Wildman–Crippen LogP) is 0.553. The minimum Gasteiger partial charge on any atom is -0.481 e. The Morgan fingerprint density at radius 1 is 1.20 bits per heavy atom. The van der Waals surface area contributed by atoms with Crippen molar-refractivity contribution < 1.29 is 29.0 Å². The standard InChI is InChI=1S/C12H13FN2O5/c13-8-4-2-1-3-7(8)6-14-12(20)15-9(11(18)19)5-10(16)17/h1-4,9H,5-6H2,(H,16,17)(H,18,19)(H2,14,15,20)/t9-/m1/s1. The van der Waals surface area contributed by atoms with E-state index in [-0.39, 0.29) is 12.1 Å². The highest BCUT2D eigenvalue weighted by molar-refractivity contribution is 5.86. The third-order valence-electron chi connectivity index (χ3n) is 2.38. The van der Waals surface area contributed by atoms with E-state index in [0.29, 0.717) is 0 Å². The number of carboxylic acids is 2. The van der Waals surface area contributed by atoms with Gasteiger partial charge in [0.05, 0.1) is 6.42 Å². The number of carboxylic acid groups (broad SMARTS) is 2. The molecule has 4 N–H and O–H groups in total. The summed E-state index contributed by atoms with van der Waals surface area (Å²) in [6.07, 6.45) is -0.748. The lowest BCUT2D eigenvalue weighted by atomic mass is 10.2. The molecule has 0 bridgehead atoms. The van der Waals surface area contributed by atoms with Crippen molar-refractivity contribution >= 4 is 18.0 Å². The Kier molecular flexibility index (Phi) is 5.45. The van der Waals surface area contributed by atoms with Gasteiger partial charge >= 0.3 is 18.0 Å². The number of nitrogens with one attached hydrogen (secondary N) is 2. The van der Waals surface area contributed by atoms with Gasteiger partial charge in [0.2, 0.25) is 0 Å². The first-order valence-corrected chi connectivity index (χ1v) is 5.62. The van der Waals surface area contributed by atoms with Crippen molar-refractivity contribution in [2.24, 2.45) is 0 Å². The van der Waals surface area contributed by atoms with Crippen LogP contribution in [-0.4, -0.2) is 34.2 Å².